The molecule has 2 rings (SSSR count). The molecule has 1 fully saturated rings. The van der Waals surface area contributed by atoms with Gasteiger partial charge in [0.15, 0.2) is 0 Å². The van der Waals surface area contributed by atoms with Gasteiger partial charge in [0.1, 0.15) is 11.9 Å². The summed E-state index contributed by atoms with van der Waals surface area (Å²) in [4.78, 5) is 22.9. The molecule has 20 heavy (non-hydrogen) atoms. The van der Waals surface area contributed by atoms with Crippen molar-refractivity contribution in [2.45, 2.75) is 13.0 Å². The van der Waals surface area contributed by atoms with Gasteiger partial charge in [0, 0.05) is 19.2 Å². The van der Waals surface area contributed by atoms with E-state index in [9.17, 15) is 14.0 Å². The Hall–Kier alpha value is -1.99. The van der Waals surface area contributed by atoms with Gasteiger partial charge in [0.2, 0.25) is 11.8 Å². The van der Waals surface area contributed by atoms with E-state index in [0.29, 0.717) is 18.8 Å². The molecule has 1 heterocycles. The maximum absolute atomic E-state index is 13.7. The Morgan fingerprint density at radius 1 is 1.40 bits per heavy atom. The first kappa shape index (κ1) is 14.4. The highest BCUT2D eigenvalue weighted by atomic mass is 19.1. The van der Waals surface area contributed by atoms with Crippen LogP contribution >= 0.6 is 0 Å². The van der Waals surface area contributed by atoms with E-state index >= 15 is 0 Å². The van der Waals surface area contributed by atoms with Crippen LogP contribution in [0.5, 0.6) is 0 Å². The van der Waals surface area contributed by atoms with Gasteiger partial charge in [-0.15, -0.1) is 0 Å². The third kappa shape index (κ3) is 3.75. The van der Waals surface area contributed by atoms with Crippen molar-refractivity contribution in [3.8, 4) is 0 Å². The van der Waals surface area contributed by atoms with Crippen LogP contribution in [0.1, 0.15) is 6.92 Å². The average molecular weight is 281 g/mol. The molecule has 0 aromatic heterocycles. The zero-order valence-electron chi connectivity index (χ0n) is 11.0. The average Bonchev–Trinajstić information content (AvgIpc) is 2.43. The Morgan fingerprint density at radius 2 is 2.20 bits per heavy atom. The molecule has 1 unspecified atom stereocenters. The van der Waals surface area contributed by atoms with Crippen molar-refractivity contribution in [3.63, 3.8) is 0 Å². The summed E-state index contributed by atoms with van der Waals surface area (Å²) < 4.78 is 18.8. The van der Waals surface area contributed by atoms with E-state index in [2.05, 4.69) is 16.0 Å². The molecule has 1 saturated heterocycles. The lowest BCUT2D eigenvalue weighted by Crippen LogP contribution is -2.48. The SMILES string of the molecule is CC(=O)Nc1ccc(F)c(NC(=O)C2COCCN2)c1. The molecule has 1 aromatic rings. The molecule has 7 heteroatoms. The number of hydrogen-bond donors (Lipinski definition) is 3. The number of benzene rings is 1. The molecule has 0 spiro atoms. The molecule has 2 amide bonds. The number of anilines is 2. The first-order chi connectivity index (χ1) is 9.56. The van der Waals surface area contributed by atoms with Crippen molar-refractivity contribution < 1.29 is 18.7 Å². The number of nitrogens with one attached hydrogen (secondary N) is 3. The fourth-order valence-corrected chi connectivity index (χ4v) is 1.86. The summed E-state index contributed by atoms with van der Waals surface area (Å²) >= 11 is 0. The van der Waals surface area contributed by atoms with Crippen molar-refractivity contribution in [1.29, 1.82) is 0 Å². The molecule has 0 saturated carbocycles. The Morgan fingerprint density at radius 3 is 2.85 bits per heavy atom. The molecular formula is C13H16FN3O3. The number of ether oxygens (including phenoxy) is 1. The second-order valence-electron chi connectivity index (χ2n) is 4.45. The van der Waals surface area contributed by atoms with Crippen molar-refractivity contribution in [3.05, 3.63) is 24.0 Å². The van der Waals surface area contributed by atoms with E-state index in [-0.39, 0.29) is 24.1 Å². The van der Waals surface area contributed by atoms with Gasteiger partial charge in [0.05, 0.1) is 18.9 Å². The minimum Gasteiger partial charge on any atom is -0.378 e. The van der Waals surface area contributed by atoms with E-state index < -0.39 is 11.9 Å². The number of morpholine rings is 1. The highest BCUT2D eigenvalue weighted by Gasteiger charge is 2.22. The lowest BCUT2D eigenvalue weighted by molar-refractivity contribution is -0.120. The fraction of sp³-hybridized carbons (Fsp3) is 0.385. The summed E-state index contributed by atoms with van der Waals surface area (Å²) in [5, 5.41) is 7.99. The van der Waals surface area contributed by atoms with Gasteiger partial charge in [-0.3, -0.25) is 9.59 Å². The summed E-state index contributed by atoms with van der Waals surface area (Å²) in [5.74, 6) is -1.20. The molecule has 0 aliphatic carbocycles. The van der Waals surface area contributed by atoms with Gasteiger partial charge in [-0.05, 0) is 18.2 Å². The summed E-state index contributed by atoms with van der Waals surface area (Å²) in [6, 6.07) is 3.48. The van der Waals surface area contributed by atoms with E-state index in [1.165, 1.54) is 25.1 Å². The quantitative estimate of drug-likeness (QED) is 0.762. The number of halogens is 1. The van der Waals surface area contributed by atoms with Gasteiger partial charge in [-0.25, -0.2) is 4.39 Å². The van der Waals surface area contributed by atoms with Gasteiger partial charge in [-0.1, -0.05) is 0 Å². The predicted molar refractivity (Wildman–Crippen MR) is 71.9 cm³/mol. The third-order valence-electron chi connectivity index (χ3n) is 2.78. The molecule has 108 valence electrons. The second-order valence-corrected chi connectivity index (χ2v) is 4.45. The maximum Gasteiger partial charge on any atom is 0.243 e. The Balaban J connectivity index is 2.07. The summed E-state index contributed by atoms with van der Waals surface area (Å²) in [5.41, 5.74) is 0.440. The van der Waals surface area contributed by atoms with E-state index in [4.69, 9.17) is 4.74 Å². The van der Waals surface area contributed by atoms with Crippen LogP contribution in [0.2, 0.25) is 0 Å². The monoisotopic (exact) mass is 281 g/mol. The highest BCUT2D eigenvalue weighted by molar-refractivity contribution is 5.96. The zero-order valence-corrected chi connectivity index (χ0v) is 11.0. The molecule has 1 aromatic carbocycles. The van der Waals surface area contributed by atoms with Crippen LogP contribution in [0.3, 0.4) is 0 Å². The largest absolute Gasteiger partial charge is 0.378 e. The maximum atomic E-state index is 13.7. The van der Waals surface area contributed by atoms with Crippen LogP contribution < -0.4 is 16.0 Å². The van der Waals surface area contributed by atoms with Crippen LogP contribution in [-0.4, -0.2) is 37.6 Å². The number of carbonyl (C=O) groups excluding carboxylic acids is 2. The number of carbonyl (C=O) groups is 2. The standard InChI is InChI=1S/C13H16FN3O3/c1-8(18)16-9-2-3-10(14)11(6-9)17-13(19)12-7-20-5-4-15-12/h2-3,6,12,15H,4-5,7H2,1H3,(H,16,18)(H,17,19). The molecule has 0 radical (unpaired) electrons. The summed E-state index contributed by atoms with van der Waals surface area (Å²) in [7, 11) is 0. The van der Waals surface area contributed by atoms with Crippen molar-refractivity contribution in [1.82, 2.24) is 5.32 Å². The minimum atomic E-state index is -0.566. The molecular weight excluding hydrogens is 265 g/mol. The van der Waals surface area contributed by atoms with Crippen LogP contribution in [0.4, 0.5) is 15.8 Å². The van der Waals surface area contributed by atoms with Gasteiger partial charge in [-0.2, -0.15) is 0 Å². The lowest BCUT2D eigenvalue weighted by atomic mass is 10.2. The smallest absolute Gasteiger partial charge is 0.243 e. The molecule has 6 nitrogen and oxygen atoms in total. The van der Waals surface area contributed by atoms with E-state index in [1.807, 2.05) is 0 Å². The van der Waals surface area contributed by atoms with Gasteiger partial charge < -0.3 is 20.7 Å². The van der Waals surface area contributed by atoms with Gasteiger partial charge in [0.25, 0.3) is 0 Å². The first-order valence-corrected chi connectivity index (χ1v) is 6.25. The molecule has 1 aliphatic rings. The molecule has 1 aliphatic heterocycles. The van der Waals surface area contributed by atoms with Crippen molar-refractivity contribution in [2.75, 3.05) is 30.4 Å². The van der Waals surface area contributed by atoms with Crippen LogP contribution in [0, 0.1) is 5.82 Å². The molecule has 0 bridgehead atoms. The Bertz CT molecular complexity index is 516. The minimum absolute atomic E-state index is 0.0219. The number of rotatable bonds is 3. The lowest BCUT2D eigenvalue weighted by Gasteiger charge is -2.23. The normalized spacial score (nSPS) is 18.4. The number of hydrogen-bond acceptors (Lipinski definition) is 4. The first-order valence-electron chi connectivity index (χ1n) is 6.25. The predicted octanol–water partition coefficient (Wildman–Crippen LogP) is 0.711. The van der Waals surface area contributed by atoms with E-state index in [0.717, 1.165) is 0 Å². The van der Waals surface area contributed by atoms with Crippen LogP contribution in [0.15, 0.2) is 18.2 Å². The third-order valence-corrected chi connectivity index (χ3v) is 2.78. The van der Waals surface area contributed by atoms with Gasteiger partial charge >= 0.3 is 0 Å². The van der Waals surface area contributed by atoms with Crippen LogP contribution in [-0.2, 0) is 14.3 Å². The highest BCUT2D eigenvalue weighted by Crippen LogP contribution is 2.20. The second kappa shape index (κ2) is 6.44. The zero-order chi connectivity index (χ0) is 14.5. The topological polar surface area (TPSA) is 79.5 Å². The van der Waals surface area contributed by atoms with Crippen LogP contribution in [0.25, 0.3) is 0 Å². The van der Waals surface area contributed by atoms with E-state index in [1.54, 1.807) is 0 Å². The fourth-order valence-electron chi connectivity index (χ4n) is 1.86. The number of amides is 2. The van der Waals surface area contributed by atoms with Crippen molar-refractivity contribution >= 4 is 23.2 Å². The molecule has 1 atom stereocenters. The Labute approximate surface area is 115 Å². The summed E-state index contributed by atoms with van der Waals surface area (Å²) in [6.45, 7) is 2.73. The van der Waals surface area contributed by atoms with Crippen molar-refractivity contribution in [2.24, 2.45) is 0 Å². The molecule has 3 N–H and O–H groups in total. The Kier molecular flexibility index (Phi) is 4.65. The summed E-state index contributed by atoms with van der Waals surface area (Å²) in [6.07, 6.45) is 0.